The molecular formula is C24H28N4O4S. The maximum Gasteiger partial charge on any atom is 0.257 e. The SMILES string of the molecule is CCCCOc1cccc(C(=O)NC(=S)NNC(=O)C2CC(=O)N(Cc3ccccc3)C2)c1. The van der Waals surface area contributed by atoms with Crippen LogP contribution in [0.4, 0.5) is 0 Å². The number of rotatable bonds is 8. The van der Waals surface area contributed by atoms with Gasteiger partial charge in [0.25, 0.3) is 5.91 Å². The number of hydrogen-bond donors (Lipinski definition) is 3. The highest BCUT2D eigenvalue weighted by Crippen LogP contribution is 2.20. The van der Waals surface area contributed by atoms with Crippen molar-refractivity contribution in [3.8, 4) is 5.75 Å². The molecule has 1 heterocycles. The van der Waals surface area contributed by atoms with Crippen LogP contribution in [-0.2, 0) is 16.1 Å². The van der Waals surface area contributed by atoms with Gasteiger partial charge in [-0.15, -0.1) is 0 Å². The Labute approximate surface area is 198 Å². The predicted molar refractivity (Wildman–Crippen MR) is 128 cm³/mol. The number of benzene rings is 2. The van der Waals surface area contributed by atoms with E-state index in [1.54, 1.807) is 29.2 Å². The van der Waals surface area contributed by atoms with Crippen molar-refractivity contribution in [2.75, 3.05) is 13.2 Å². The number of nitrogens with zero attached hydrogens (tertiary/aromatic N) is 1. The molecule has 1 aliphatic heterocycles. The smallest absolute Gasteiger partial charge is 0.257 e. The molecule has 9 heteroatoms. The number of hydrazine groups is 1. The van der Waals surface area contributed by atoms with Gasteiger partial charge in [-0.1, -0.05) is 49.7 Å². The van der Waals surface area contributed by atoms with Crippen LogP contribution in [0, 0.1) is 5.92 Å². The molecule has 1 atom stereocenters. The summed E-state index contributed by atoms with van der Waals surface area (Å²) in [5.74, 6) is -0.746. The number of nitrogens with one attached hydrogen (secondary N) is 3. The van der Waals surface area contributed by atoms with Crippen LogP contribution >= 0.6 is 12.2 Å². The van der Waals surface area contributed by atoms with Crippen LogP contribution in [-0.4, -0.2) is 40.9 Å². The summed E-state index contributed by atoms with van der Waals surface area (Å²) in [5.41, 5.74) is 6.41. The molecule has 2 aromatic rings. The number of carbonyl (C=O) groups excluding carboxylic acids is 3. The molecule has 1 saturated heterocycles. The molecule has 2 aromatic carbocycles. The van der Waals surface area contributed by atoms with Crippen molar-refractivity contribution in [3.63, 3.8) is 0 Å². The van der Waals surface area contributed by atoms with Gasteiger partial charge in [0.15, 0.2) is 5.11 Å². The third-order valence-electron chi connectivity index (χ3n) is 5.19. The third kappa shape index (κ3) is 7.28. The van der Waals surface area contributed by atoms with E-state index in [-0.39, 0.29) is 23.3 Å². The Morgan fingerprint density at radius 2 is 1.91 bits per heavy atom. The zero-order valence-electron chi connectivity index (χ0n) is 18.5. The van der Waals surface area contributed by atoms with Gasteiger partial charge in [0.2, 0.25) is 11.8 Å². The number of hydrogen-bond acceptors (Lipinski definition) is 5. The Kier molecular flexibility index (Phi) is 8.77. The topological polar surface area (TPSA) is 99.8 Å². The number of amides is 3. The van der Waals surface area contributed by atoms with Gasteiger partial charge in [-0.25, -0.2) is 0 Å². The monoisotopic (exact) mass is 468 g/mol. The van der Waals surface area contributed by atoms with Crippen LogP contribution in [0.5, 0.6) is 5.75 Å². The second-order valence-corrected chi connectivity index (χ2v) is 8.20. The Hall–Kier alpha value is -3.46. The van der Waals surface area contributed by atoms with Crippen molar-refractivity contribution in [2.45, 2.75) is 32.7 Å². The van der Waals surface area contributed by atoms with Gasteiger partial charge in [0, 0.05) is 25.1 Å². The second kappa shape index (κ2) is 12.0. The molecule has 0 bridgehead atoms. The van der Waals surface area contributed by atoms with E-state index in [4.69, 9.17) is 17.0 Å². The predicted octanol–water partition coefficient (Wildman–Crippen LogP) is 2.55. The number of carbonyl (C=O) groups is 3. The first-order chi connectivity index (χ1) is 16.0. The van der Waals surface area contributed by atoms with Crippen molar-refractivity contribution < 1.29 is 19.1 Å². The van der Waals surface area contributed by atoms with Gasteiger partial charge in [-0.05, 0) is 42.4 Å². The average Bonchev–Trinajstić information content (AvgIpc) is 3.18. The van der Waals surface area contributed by atoms with Crippen molar-refractivity contribution in [2.24, 2.45) is 5.92 Å². The Morgan fingerprint density at radius 1 is 1.12 bits per heavy atom. The summed E-state index contributed by atoms with van der Waals surface area (Å²) in [6.07, 6.45) is 2.08. The summed E-state index contributed by atoms with van der Waals surface area (Å²) in [6.45, 7) is 3.45. The maximum absolute atomic E-state index is 12.5. The fraction of sp³-hybridized carbons (Fsp3) is 0.333. The molecule has 1 fully saturated rings. The molecule has 0 aromatic heterocycles. The van der Waals surface area contributed by atoms with E-state index in [9.17, 15) is 14.4 Å². The number of unbranched alkanes of at least 4 members (excludes halogenated alkanes) is 1. The molecule has 3 rings (SSSR count). The Balaban J connectivity index is 1.44. The molecular weight excluding hydrogens is 440 g/mol. The lowest BCUT2D eigenvalue weighted by Crippen LogP contribution is -2.50. The number of likely N-dealkylation sites (tertiary alicyclic amines) is 1. The summed E-state index contributed by atoms with van der Waals surface area (Å²) in [5, 5.41) is 2.48. The minimum absolute atomic E-state index is 0.0453. The van der Waals surface area contributed by atoms with E-state index in [1.165, 1.54) is 0 Å². The molecule has 1 aliphatic rings. The molecule has 0 spiro atoms. The molecule has 8 nitrogen and oxygen atoms in total. The van der Waals surface area contributed by atoms with Gasteiger partial charge < -0.3 is 9.64 Å². The highest BCUT2D eigenvalue weighted by atomic mass is 32.1. The molecule has 0 radical (unpaired) electrons. The van der Waals surface area contributed by atoms with Crippen molar-refractivity contribution in [3.05, 3.63) is 65.7 Å². The van der Waals surface area contributed by atoms with E-state index in [0.29, 0.717) is 31.0 Å². The Bertz CT molecular complexity index is 999. The fourth-order valence-electron chi connectivity index (χ4n) is 3.39. The summed E-state index contributed by atoms with van der Waals surface area (Å²) >= 11 is 5.11. The summed E-state index contributed by atoms with van der Waals surface area (Å²) in [7, 11) is 0. The second-order valence-electron chi connectivity index (χ2n) is 7.79. The van der Waals surface area contributed by atoms with Crippen molar-refractivity contribution >= 4 is 35.1 Å². The lowest BCUT2D eigenvalue weighted by atomic mass is 10.1. The van der Waals surface area contributed by atoms with E-state index in [2.05, 4.69) is 23.1 Å². The zero-order chi connectivity index (χ0) is 23.6. The maximum atomic E-state index is 12.5. The molecule has 3 amide bonds. The molecule has 0 aliphatic carbocycles. The van der Waals surface area contributed by atoms with E-state index < -0.39 is 11.8 Å². The van der Waals surface area contributed by atoms with E-state index in [0.717, 1.165) is 18.4 Å². The van der Waals surface area contributed by atoms with Crippen LogP contribution in [0.1, 0.15) is 42.1 Å². The lowest BCUT2D eigenvalue weighted by Gasteiger charge is -2.17. The molecule has 33 heavy (non-hydrogen) atoms. The zero-order valence-corrected chi connectivity index (χ0v) is 19.3. The normalized spacial score (nSPS) is 15.1. The van der Waals surface area contributed by atoms with Gasteiger partial charge in [-0.2, -0.15) is 0 Å². The summed E-state index contributed by atoms with van der Waals surface area (Å²) in [6, 6.07) is 16.4. The molecule has 3 N–H and O–H groups in total. The van der Waals surface area contributed by atoms with Crippen LogP contribution in [0.2, 0.25) is 0 Å². The van der Waals surface area contributed by atoms with Crippen molar-refractivity contribution in [1.29, 1.82) is 0 Å². The quantitative estimate of drug-likeness (QED) is 0.313. The molecule has 1 unspecified atom stereocenters. The Morgan fingerprint density at radius 3 is 2.67 bits per heavy atom. The lowest BCUT2D eigenvalue weighted by molar-refractivity contribution is -0.129. The first kappa shape index (κ1) is 24.2. The fourth-order valence-corrected chi connectivity index (χ4v) is 3.54. The average molecular weight is 469 g/mol. The largest absolute Gasteiger partial charge is 0.494 e. The highest BCUT2D eigenvalue weighted by molar-refractivity contribution is 7.80. The minimum atomic E-state index is -0.496. The van der Waals surface area contributed by atoms with Gasteiger partial charge in [-0.3, -0.25) is 30.6 Å². The summed E-state index contributed by atoms with van der Waals surface area (Å²) in [4.78, 5) is 38.9. The molecule has 0 saturated carbocycles. The van der Waals surface area contributed by atoms with Crippen LogP contribution in [0.25, 0.3) is 0 Å². The standard InChI is InChI=1S/C24H28N4O4S/c1-2-3-12-32-20-11-7-10-18(13-20)22(30)25-24(33)27-26-23(31)19-14-21(29)28(16-19)15-17-8-5-4-6-9-17/h4-11,13,19H,2-3,12,14-16H2,1H3,(H,26,31)(H2,25,27,30,33). The van der Waals surface area contributed by atoms with Crippen LogP contribution in [0.3, 0.4) is 0 Å². The first-order valence-corrected chi connectivity index (χ1v) is 11.3. The molecule has 174 valence electrons. The van der Waals surface area contributed by atoms with E-state index in [1.807, 2.05) is 30.3 Å². The highest BCUT2D eigenvalue weighted by Gasteiger charge is 2.34. The minimum Gasteiger partial charge on any atom is -0.494 e. The van der Waals surface area contributed by atoms with Crippen molar-refractivity contribution in [1.82, 2.24) is 21.1 Å². The first-order valence-electron chi connectivity index (χ1n) is 10.9. The number of ether oxygens (including phenoxy) is 1. The van der Waals surface area contributed by atoms with Gasteiger partial charge in [0.05, 0.1) is 12.5 Å². The summed E-state index contributed by atoms with van der Waals surface area (Å²) < 4.78 is 5.62. The number of thiocarbonyl (C=S) groups is 1. The van der Waals surface area contributed by atoms with Crippen LogP contribution < -0.4 is 20.9 Å². The van der Waals surface area contributed by atoms with Gasteiger partial charge >= 0.3 is 0 Å². The third-order valence-corrected chi connectivity index (χ3v) is 5.39. The van der Waals surface area contributed by atoms with E-state index >= 15 is 0 Å². The van der Waals surface area contributed by atoms with Gasteiger partial charge in [0.1, 0.15) is 5.75 Å². The van der Waals surface area contributed by atoms with Crippen LogP contribution in [0.15, 0.2) is 54.6 Å².